The Morgan fingerprint density at radius 1 is 0.972 bits per heavy atom. The molecule has 4 rings (SSSR count). The summed E-state index contributed by atoms with van der Waals surface area (Å²) in [6.45, 7) is 3.72. The van der Waals surface area contributed by atoms with Gasteiger partial charge in [0, 0.05) is 5.56 Å². The van der Waals surface area contributed by atoms with Crippen molar-refractivity contribution in [3.05, 3.63) is 95.1 Å². The molecule has 0 bridgehead atoms. The minimum Gasteiger partial charge on any atom is -0.495 e. The Labute approximate surface area is 209 Å². The van der Waals surface area contributed by atoms with Crippen LogP contribution in [-0.2, 0) is 20.8 Å². The standard InChI is InChI=1S/C28H27N3O5/c1-18-9-12-21(13-10-18)27(34)31(29-25(32)16-20-7-5-4-6-8-20)23-17-26(33)30(28(23)35)22-15-19(2)11-14-24(22)36-3/h4-15,23H,16-17H2,1-3H3,(H,29,32). The van der Waals surface area contributed by atoms with Crippen LogP contribution in [0.1, 0.15) is 33.5 Å². The number of amides is 4. The highest BCUT2D eigenvalue weighted by atomic mass is 16.5. The second-order valence-electron chi connectivity index (χ2n) is 8.70. The van der Waals surface area contributed by atoms with E-state index in [-0.39, 0.29) is 18.4 Å². The molecule has 1 atom stereocenters. The molecule has 36 heavy (non-hydrogen) atoms. The van der Waals surface area contributed by atoms with Gasteiger partial charge in [-0.2, -0.15) is 0 Å². The summed E-state index contributed by atoms with van der Waals surface area (Å²) < 4.78 is 5.37. The SMILES string of the molecule is COc1ccc(C)cc1N1C(=O)CC(N(NC(=O)Cc2ccccc2)C(=O)c2ccc(C)cc2)C1=O. The fraction of sp³-hybridized carbons (Fsp3) is 0.214. The monoisotopic (exact) mass is 485 g/mol. The fourth-order valence-electron chi connectivity index (χ4n) is 4.11. The molecule has 0 radical (unpaired) electrons. The van der Waals surface area contributed by atoms with Crippen molar-refractivity contribution in [2.45, 2.75) is 32.7 Å². The summed E-state index contributed by atoms with van der Waals surface area (Å²) in [7, 11) is 1.45. The summed E-state index contributed by atoms with van der Waals surface area (Å²) in [5, 5.41) is 0.985. The third-order valence-corrected chi connectivity index (χ3v) is 5.98. The van der Waals surface area contributed by atoms with Crippen molar-refractivity contribution < 1.29 is 23.9 Å². The smallest absolute Gasteiger partial charge is 0.273 e. The van der Waals surface area contributed by atoms with E-state index in [0.29, 0.717) is 11.4 Å². The first kappa shape index (κ1) is 24.7. The predicted octanol–water partition coefficient (Wildman–Crippen LogP) is 3.36. The zero-order valence-electron chi connectivity index (χ0n) is 20.4. The van der Waals surface area contributed by atoms with E-state index in [4.69, 9.17) is 4.74 Å². The third-order valence-electron chi connectivity index (χ3n) is 5.98. The van der Waals surface area contributed by atoms with Gasteiger partial charge in [0.15, 0.2) is 0 Å². The van der Waals surface area contributed by atoms with Crippen LogP contribution in [0.5, 0.6) is 5.75 Å². The van der Waals surface area contributed by atoms with Crippen LogP contribution in [0.2, 0.25) is 0 Å². The maximum absolute atomic E-state index is 13.6. The van der Waals surface area contributed by atoms with Crippen LogP contribution < -0.4 is 15.1 Å². The normalized spacial score (nSPS) is 15.1. The zero-order chi connectivity index (χ0) is 25.8. The Balaban J connectivity index is 1.67. The lowest BCUT2D eigenvalue weighted by atomic mass is 10.1. The van der Waals surface area contributed by atoms with E-state index < -0.39 is 29.7 Å². The minimum atomic E-state index is -1.21. The molecule has 0 saturated carbocycles. The predicted molar refractivity (Wildman–Crippen MR) is 134 cm³/mol. The van der Waals surface area contributed by atoms with Gasteiger partial charge in [0.05, 0.1) is 25.6 Å². The summed E-state index contributed by atoms with van der Waals surface area (Å²) in [5.74, 6) is -1.82. The zero-order valence-corrected chi connectivity index (χ0v) is 20.4. The van der Waals surface area contributed by atoms with E-state index in [0.717, 1.165) is 26.6 Å². The number of carbonyl (C=O) groups is 4. The second kappa shape index (κ2) is 10.4. The molecule has 1 unspecified atom stereocenters. The first-order chi connectivity index (χ1) is 17.3. The third kappa shape index (κ3) is 5.12. The Kier molecular flexibility index (Phi) is 7.15. The first-order valence-electron chi connectivity index (χ1n) is 11.5. The number of aryl methyl sites for hydroxylation is 2. The lowest BCUT2D eigenvalue weighted by Gasteiger charge is -2.28. The number of nitrogens with zero attached hydrogens (tertiary/aromatic N) is 2. The van der Waals surface area contributed by atoms with Crippen LogP contribution in [0.15, 0.2) is 72.8 Å². The summed E-state index contributed by atoms with van der Waals surface area (Å²) in [6, 6.07) is 19.8. The molecule has 0 aromatic heterocycles. The molecule has 8 nitrogen and oxygen atoms in total. The van der Waals surface area contributed by atoms with E-state index in [2.05, 4.69) is 5.43 Å². The number of carbonyl (C=O) groups excluding carboxylic acids is 4. The number of rotatable bonds is 6. The van der Waals surface area contributed by atoms with Crippen LogP contribution in [0.4, 0.5) is 5.69 Å². The van der Waals surface area contributed by atoms with Crippen molar-refractivity contribution in [2.75, 3.05) is 12.0 Å². The highest BCUT2D eigenvalue weighted by Gasteiger charge is 2.46. The Hall–Kier alpha value is -4.46. The van der Waals surface area contributed by atoms with Gasteiger partial charge in [0.25, 0.3) is 11.8 Å². The molecule has 0 spiro atoms. The number of nitrogens with one attached hydrogen (secondary N) is 1. The maximum atomic E-state index is 13.6. The minimum absolute atomic E-state index is 0.00277. The van der Waals surface area contributed by atoms with E-state index in [1.807, 2.05) is 38.1 Å². The molecule has 3 aromatic carbocycles. The quantitative estimate of drug-likeness (QED) is 0.427. The number of benzene rings is 3. The van der Waals surface area contributed by atoms with Gasteiger partial charge in [0.2, 0.25) is 11.8 Å². The second-order valence-corrected chi connectivity index (χ2v) is 8.70. The summed E-state index contributed by atoms with van der Waals surface area (Å²) in [6.07, 6.45) is -0.276. The van der Waals surface area contributed by atoms with Crippen LogP contribution >= 0.6 is 0 Å². The van der Waals surface area contributed by atoms with E-state index in [9.17, 15) is 19.2 Å². The first-order valence-corrected chi connectivity index (χ1v) is 11.5. The largest absolute Gasteiger partial charge is 0.495 e. The molecule has 1 N–H and O–H groups in total. The topological polar surface area (TPSA) is 96.0 Å². The molecular formula is C28H27N3O5. The Morgan fingerprint density at radius 2 is 1.64 bits per heavy atom. The fourth-order valence-corrected chi connectivity index (χ4v) is 4.11. The summed E-state index contributed by atoms with van der Waals surface area (Å²) in [4.78, 5) is 54.1. The lowest BCUT2D eigenvalue weighted by Crippen LogP contribution is -2.55. The number of hydrogen-bond donors (Lipinski definition) is 1. The van der Waals surface area contributed by atoms with Crippen molar-refractivity contribution in [2.24, 2.45) is 0 Å². The van der Waals surface area contributed by atoms with Gasteiger partial charge in [-0.3, -0.25) is 24.6 Å². The van der Waals surface area contributed by atoms with Gasteiger partial charge < -0.3 is 4.74 Å². The Morgan fingerprint density at radius 3 is 2.31 bits per heavy atom. The number of methoxy groups -OCH3 is 1. The van der Waals surface area contributed by atoms with Crippen LogP contribution in [0.25, 0.3) is 0 Å². The maximum Gasteiger partial charge on any atom is 0.273 e. The van der Waals surface area contributed by atoms with E-state index >= 15 is 0 Å². The molecular weight excluding hydrogens is 458 g/mol. The van der Waals surface area contributed by atoms with Crippen LogP contribution in [0.3, 0.4) is 0 Å². The van der Waals surface area contributed by atoms with Crippen molar-refractivity contribution in [3.8, 4) is 5.75 Å². The van der Waals surface area contributed by atoms with Crippen LogP contribution in [0, 0.1) is 13.8 Å². The Bertz CT molecular complexity index is 1300. The van der Waals surface area contributed by atoms with E-state index in [1.165, 1.54) is 7.11 Å². The van der Waals surface area contributed by atoms with Crippen molar-refractivity contribution in [3.63, 3.8) is 0 Å². The average molecular weight is 486 g/mol. The number of anilines is 1. The number of imide groups is 1. The van der Waals surface area contributed by atoms with Gasteiger partial charge in [-0.05, 0) is 49.2 Å². The van der Waals surface area contributed by atoms with Gasteiger partial charge in [-0.15, -0.1) is 0 Å². The van der Waals surface area contributed by atoms with Gasteiger partial charge in [-0.1, -0.05) is 54.1 Å². The molecule has 8 heteroatoms. The van der Waals surface area contributed by atoms with Gasteiger partial charge in [-0.25, -0.2) is 9.91 Å². The van der Waals surface area contributed by atoms with Crippen molar-refractivity contribution in [1.29, 1.82) is 0 Å². The van der Waals surface area contributed by atoms with Gasteiger partial charge >= 0.3 is 0 Å². The molecule has 1 aliphatic rings. The molecule has 1 saturated heterocycles. The highest BCUT2D eigenvalue weighted by Crippen LogP contribution is 2.34. The molecule has 1 heterocycles. The highest BCUT2D eigenvalue weighted by molar-refractivity contribution is 6.24. The van der Waals surface area contributed by atoms with Crippen molar-refractivity contribution in [1.82, 2.24) is 10.4 Å². The van der Waals surface area contributed by atoms with Crippen molar-refractivity contribution >= 4 is 29.3 Å². The van der Waals surface area contributed by atoms with E-state index in [1.54, 1.807) is 48.5 Å². The number of hydrazine groups is 1. The summed E-state index contributed by atoms with van der Waals surface area (Å²) >= 11 is 0. The lowest BCUT2D eigenvalue weighted by molar-refractivity contribution is -0.128. The number of hydrogen-bond acceptors (Lipinski definition) is 5. The molecule has 1 aliphatic heterocycles. The van der Waals surface area contributed by atoms with Crippen LogP contribution in [-0.4, -0.2) is 41.8 Å². The molecule has 4 amide bonds. The molecule has 184 valence electrons. The molecule has 0 aliphatic carbocycles. The van der Waals surface area contributed by atoms with Gasteiger partial charge in [0.1, 0.15) is 11.8 Å². The number of ether oxygens (including phenoxy) is 1. The molecule has 1 fully saturated rings. The molecule has 3 aromatic rings. The summed E-state index contributed by atoms with van der Waals surface area (Å²) in [5.41, 5.74) is 5.72. The average Bonchev–Trinajstić information content (AvgIpc) is 3.16.